The molecule has 1 aromatic carbocycles. The number of hydrogen-bond donors (Lipinski definition) is 1. The SMILES string of the molecule is COc1cc(/C=N\n2c(-c3ccccn3)n[nH]c2=S)cc(OC)c1OC. The van der Waals surface area contributed by atoms with Crippen molar-refractivity contribution in [1.29, 1.82) is 0 Å². The van der Waals surface area contributed by atoms with Gasteiger partial charge in [0.15, 0.2) is 11.5 Å². The third-order valence-electron chi connectivity index (χ3n) is 3.55. The lowest BCUT2D eigenvalue weighted by Crippen LogP contribution is -1.99. The fraction of sp³-hybridized carbons (Fsp3) is 0.176. The molecule has 0 aliphatic rings. The summed E-state index contributed by atoms with van der Waals surface area (Å²) in [6, 6.07) is 9.10. The van der Waals surface area contributed by atoms with E-state index in [1.165, 1.54) is 4.68 Å². The van der Waals surface area contributed by atoms with Crippen LogP contribution in [0.15, 0.2) is 41.6 Å². The number of hydrogen-bond acceptors (Lipinski definition) is 7. The number of benzene rings is 1. The Labute approximate surface area is 155 Å². The minimum atomic E-state index is 0.356. The number of rotatable bonds is 6. The third-order valence-corrected chi connectivity index (χ3v) is 3.82. The van der Waals surface area contributed by atoms with Crippen LogP contribution in [0.4, 0.5) is 0 Å². The van der Waals surface area contributed by atoms with Gasteiger partial charge in [-0.1, -0.05) is 6.07 Å². The van der Waals surface area contributed by atoms with Gasteiger partial charge < -0.3 is 14.2 Å². The first-order valence-corrected chi connectivity index (χ1v) is 8.02. The van der Waals surface area contributed by atoms with Crippen LogP contribution in [-0.4, -0.2) is 47.4 Å². The molecule has 0 atom stereocenters. The molecule has 0 unspecified atom stereocenters. The minimum Gasteiger partial charge on any atom is -0.493 e. The standard InChI is InChI=1S/C17H17N5O3S/c1-23-13-8-11(9-14(24-2)15(13)25-3)10-19-22-16(20-21-17(22)26)12-6-4-5-7-18-12/h4-10H,1-3H3,(H,21,26)/b19-10-. The lowest BCUT2D eigenvalue weighted by atomic mass is 10.2. The molecule has 0 aliphatic carbocycles. The Bertz CT molecular complexity index is 957. The van der Waals surface area contributed by atoms with Crippen LogP contribution in [0, 0.1) is 4.77 Å². The predicted octanol–water partition coefficient (Wildman–Crippen LogP) is 2.91. The highest BCUT2D eigenvalue weighted by molar-refractivity contribution is 7.71. The number of H-pyrrole nitrogens is 1. The van der Waals surface area contributed by atoms with Crippen molar-refractivity contribution in [3.8, 4) is 28.8 Å². The Morgan fingerprint density at radius 3 is 2.42 bits per heavy atom. The number of nitrogens with one attached hydrogen (secondary N) is 1. The summed E-state index contributed by atoms with van der Waals surface area (Å²) < 4.78 is 17.9. The molecule has 2 aromatic heterocycles. The molecule has 26 heavy (non-hydrogen) atoms. The smallest absolute Gasteiger partial charge is 0.216 e. The summed E-state index contributed by atoms with van der Waals surface area (Å²) in [6.07, 6.45) is 3.31. The highest BCUT2D eigenvalue weighted by Gasteiger charge is 2.13. The topological polar surface area (TPSA) is 86.6 Å². The summed E-state index contributed by atoms with van der Waals surface area (Å²) in [5.41, 5.74) is 1.40. The van der Waals surface area contributed by atoms with Crippen LogP contribution in [0.1, 0.15) is 5.56 Å². The molecular formula is C17H17N5O3S. The second-order valence-corrected chi connectivity index (χ2v) is 5.47. The fourth-order valence-electron chi connectivity index (χ4n) is 2.36. The van der Waals surface area contributed by atoms with Gasteiger partial charge in [0.1, 0.15) is 5.69 Å². The maximum Gasteiger partial charge on any atom is 0.216 e. The van der Waals surface area contributed by atoms with Crippen LogP contribution in [-0.2, 0) is 0 Å². The van der Waals surface area contributed by atoms with Crippen LogP contribution in [0.3, 0.4) is 0 Å². The van der Waals surface area contributed by atoms with Gasteiger partial charge in [0.05, 0.1) is 27.5 Å². The van der Waals surface area contributed by atoms with Crippen molar-refractivity contribution in [2.75, 3.05) is 21.3 Å². The van der Waals surface area contributed by atoms with Gasteiger partial charge >= 0.3 is 0 Å². The molecule has 0 saturated carbocycles. The van der Waals surface area contributed by atoms with E-state index in [0.29, 0.717) is 33.5 Å². The maximum atomic E-state index is 5.35. The molecule has 8 nitrogen and oxygen atoms in total. The van der Waals surface area contributed by atoms with Crippen LogP contribution in [0.5, 0.6) is 17.2 Å². The van der Waals surface area contributed by atoms with Crippen molar-refractivity contribution in [2.24, 2.45) is 5.10 Å². The van der Waals surface area contributed by atoms with Gasteiger partial charge in [-0.3, -0.25) is 4.98 Å². The molecule has 3 aromatic rings. The quantitative estimate of drug-likeness (QED) is 0.530. The number of ether oxygens (including phenoxy) is 3. The van der Waals surface area contributed by atoms with Gasteiger partial charge in [0.2, 0.25) is 16.3 Å². The molecule has 0 bridgehead atoms. The number of aromatic nitrogens is 4. The maximum absolute atomic E-state index is 5.35. The largest absolute Gasteiger partial charge is 0.493 e. The van der Waals surface area contributed by atoms with E-state index in [4.69, 9.17) is 26.4 Å². The van der Waals surface area contributed by atoms with Crippen molar-refractivity contribution >= 4 is 18.4 Å². The average Bonchev–Trinajstić information content (AvgIpc) is 3.06. The summed E-state index contributed by atoms with van der Waals surface area (Å²) in [4.78, 5) is 4.28. The average molecular weight is 371 g/mol. The molecule has 0 spiro atoms. The van der Waals surface area contributed by atoms with E-state index in [2.05, 4.69) is 20.3 Å². The first kappa shape index (κ1) is 17.6. The Hall–Kier alpha value is -3.20. The van der Waals surface area contributed by atoms with E-state index in [1.807, 2.05) is 18.2 Å². The summed E-state index contributed by atoms with van der Waals surface area (Å²) in [6.45, 7) is 0. The predicted molar refractivity (Wildman–Crippen MR) is 99.7 cm³/mol. The number of methoxy groups -OCH3 is 3. The number of aromatic amines is 1. The van der Waals surface area contributed by atoms with E-state index in [9.17, 15) is 0 Å². The molecule has 9 heteroatoms. The lowest BCUT2D eigenvalue weighted by Gasteiger charge is -2.12. The Morgan fingerprint density at radius 2 is 1.85 bits per heavy atom. The molecule has 134 valence electrons. The zero-order valence-corrected chi connectivity index (χ0v) is 15.3. The molecule has 0 radical (unpaired) electrons. The van der Waals surface area contributed by atoms with E-state index < -0.39 is 0 Å². The van der Waals surface area contributed by atoms with Gasteiger partial charge in [0.25, 0.3) is 0 Å². The zero-order valence-electron chi connectivity index (χ0n) is 14.5. The first-order valence-electron chi connectivity index (χ1n) is 7.61. The second kappa shape index (κ2) is 7.79. The van der Waals surface area contributed by atoms with E-state index in [0.717, 1.165) is 5.56 Å². The monoisotopic (exact) mass is 371 g/mol. The highest BCUT2D eigenvalue weighted by atomic mass is 32.1. The summed E-state index contributed by atoms with van der Waals surface area (Å²) >= 11 is 5.26. The Kier molecular flexibility index (Phi) is 5.28. The first-order chi connectivity index (χ1) is 12.7. The van der Waals surface area contributed by atoms with Crippen LogP contribution in [0.2, 0.25) is 0 Å². The summed E-state index contributed by atoms with van der Waals surface area (Å²) in [5, 5.41) is 11.3. The molecular weight excluding hydrogens is 354 g/mol. The third kappa shape index (κ3) is 3.42. The highest BCUT2D eigenvalue weighted by Crippen LogP contribution is 2.37. The lowest BCUT2D eigenvalue weighted by molar-refractivity contribution is 0.324. The molecule has 3 rings (SSSR count). The van der Waals surface area contributed by atoms with E-state index >= 15 is 0 Å². The fourth-order valence-corrected chi connectivity index (χ4v) is 2.54. The van der Waals surface area contributed by atoms with Crippen molar-refractivity contribution in [3.63, 3.8) is 0 Å². The van der Waals surface area contributed by atoms with Gasteiger partial charge in [-0.05, 0) is 36.5 Å². The number of nitrogens with zero attached hydrogens (tertiary/aromatic N) is 4. The van der Waals surface area contributed by atoms with Gasteiger partial charge in [-0.2, -0.15) is 14.9 Å². The van der Waals surface area contributed by atoms with Crippen molar-refractivity contribution in [3.05, 3.63) is 46.9 Å². The molecule has 1 N–H and O–H groups in total. The van der Waals surface area contributed by atoms with Crippen molar-refractivity contribution in [2.45, 2.75) is 0 Å². The summed E-state index contributed by atoms with van der Waals surface area (Å²) in [5.74, 6) is 2.10. The van der Waals surface area contributed by atoms with E-state index in [-0.39, 0.29) is 0 Å². The second-order valence-electron chi connectivity index (χ2n) is 5.08. The van der Waals surface area contributed by atoms with Crippen LogP contribution < -0.4 is 14.2 Å². The molecule has 0 fully saturated rings. The number of pyridine rings is 1. The summed E-state index contributed by atoms with van der Waals surface area (Å²) in [7, 11) is 4.67. The van der Waals surface area contributed by atoms with Crippen LogP contribution in [0.25, 0.3) is 11.5 Å². The normalized spacial score (nSPS) is 10.9. The Balaban J connectivity index is 2.02. The minimum absolute atomic E-state index is 0.356. The van der Waals surface area contributed by atoms with Gasteiger partial charge in [-0.25, -0.2) is 5.10 Å². The molecule has 0 saturated heterocycles. The van der Waals surface area contributed by atoms with Gasteiger partial charge in [-0.15, -0.1) is 0 Å². The molecule has 0 amide bonds. The zero-order chi connectivity index (χ0) is 18.5. The molecule has 0 aliphatic heterocycles. The van der Waals surface area contributed by atoms with Crippen LogP contribution >= 0.6 is 12.2 Å². The molecule has 2 heterocycles. The van der Waals surface area contributed by atoms with E-state index in [1.54, 1.807) is 45.9 Å². The van der Waals surface area contributed by atoms with Crippen molar-refractivity contribution < 1.29 is 14.2 Å². The Morgan fingerprint density at radius 1 is 1.12 bits per heavy atom. The van der Waals surface area contributed by atoms with Gasteiger partial charge in [0, 0.05) is 11.8 Å². The van der Waals surface area contributed by atoms with Crippen molar-refractivity contribution in [1.82, 2.24) is 19.9 Å².